The first kappa shape index (κ1) is 11.0. The number of nitrogens with one attached hydrogen (secondary N) is 1. The third kappa shape index (κ3) is 2.67. The Hall–Kier alpha value is -2.11. The van der Waals surface area contributed by atoms with Crippen molar-refractivity contribution in [1.82, 2.24) is 0 Å². The fourth-order valence-electron chi connectivity index (χ4n) is 1.09. The maximum absolute atomic E-state index is 13.1. The summed E-state index contributed by atoms with van der Waals surface area (Å²) < 4.78 is 13.1. The number of nitrogens with two attached hydrogens (primary N) is 1. The van der Waals surface area contributed by atoms with Crippen LogP contribution in [0.4, 0.5) is 10.1 Å². The van der Waals surface area contributed by atoms with E-state index in [4.69, 9.17) is 10.8 Å². The molecule has 0 spiro atoms. The van der Waals surface area contributed by atoms with Crippen molar-refractivity contribution in [3.8, 4) is 0 Å². The van der Waals surface area contributed by atoms with E-state index in [0.717, 1.165) is 6.07 Å². The maximum Gasteiger partial charge on any atom is 0.322 e. The van der Waals surface area contributed by atoms with Crippen molar-refractivity contribution in [3.05, 3.63) is 29.6 Å². The van der Waals surface area contributed by atoms with Crippen LogP contribution in [0.25, 0.3) is 0 Å². The van der Waals surface area contributed by atoms with E-state index in [9.17, 15) is 14.0 Å². The lowest BCUT2D eigenvalue weighted by Crippen LogP contribution is -2.19. The summed E-state index contributed by atoms with van der Waals surface area (Å²) in [6.45, 7) is -0.413. The van der Waals surface area contributed by atoms with Gasteiger partial charge in [0.1, 0.15) is 12.4 Å². The van der Waals surface area contributed by atoms with Gasteiger partial charge < -0.3 is 16.2 Å². The van der Waals surface area contributed by atoms with Crippen LogP contribution in [0.5, 0.6) is 0 Å². The largest absolute Gasteiger partial charge is 0.480 e. The molecule has 0 aromatic heterocycles. The third-order valence-electron chi connectivity index (χ3n) is 1.69. The van der Waals surface area contributed by atoms with Crippen LogP contribution in [-0.2, 0) is 4.79 Å². The second-order valence-electron chi connectivity index (χ2n) is 2.77. The van der Waals surface area contributed by atoms with Crippen LogP contribution < -0.4 is 11.1 Å². The Bertz CT molecular complexity index is 406. The molecule has 0 saturated heterocycles. The number of halogens is 1. The molecule has 0 aliphatic heterocycles. The fourth-order valence-corrected chi connectivity index (χ4v) is 1.09. The van der Waals surface area contributed by atoms with E-state index in [1.54, 1.807) is 0 Å². The third-order valence-corrected chi connectivity index (χ3v) is 1.69. The number of primary amides is 1. The van der Waals surface area contributed by atoms with Gasteiger partial charge in [0, 0.05) is 0 Å². The molecule has 0 bridgehead atoms. The van der Waals surface area contributed by atoms with E-state index >= 15 is 0 Å². The molecule has 4 N–H and O–H groups in total. The molecule has 0 aliphatic carbocycles. The van der Waals surface area contributed by atoms with Crippen LogP contribution in [-0.4, -0.2) is 23.5 Å². The number of hydrogen-bond donors (Lipinski definition) is 3. The molecule has 5 nitrogen and oxygen atoms in total. The van der Waals surface area contributed by atoms with Gasteiger partial charge in [-0.3, -0.25) is 9.59 Å². The molecule has 80 valence electrons. The number of hydrogen-bond acceptors (Lipinski definition) is 3. The Balaban J connectivity index is 3.01. The predicted octanol–water partition coefficient (Wildman–Crippen LogP) is 0.421. The molecule has 1 aromatic carbocycles. The highest BCUT2D eigenvalue weighted by atomic mass is 19.1. The molecule has 0 radical (unpaired) electrons. The number of amides is 1. The van der Waals surface area contributed by atoms with E-state index in [1.807, 2.05) is 0 Å². The number of carboxylic acids is 1. The highest BCUT2D eigenvalue weighted by Crippen LogP contribution is 2.17. The normalized spacial score (nSPS) is 9.67. The Morgan fingerprint density at radius 1 is 1.47 bits per heavy atom. The van der Waals surface area contributed by atoms with Crippen molar-refractivity contribution < 1.29 is 19.1 Å². The van der Waals surface area contributed by atoms with Crippen LogP contribution in [0.15, 0.2) is 18.2 Å². The van der Waals surface area contributed by atoms with Gasteiger partial charge in [-0.1, -0.05) is 6.07 Å². The van der Waals surface area contributed by atoms with Gasteiger partial charge in [0.2, 0.25) is 0 Å². The van der Waals surface area contributed by atoms with Gasteiger partial charge in [0.15, 0.2) is 0 Å². The highest BCUT2D eigenvalue weighted by Gasteiger charge is 2.13. The number of anilines is 1. The lowest BCUT2D eigenvalue weighted by molar-refractivity contribution is -0.134. The number of aliphatic carboxylic acids is 1. The zero-order valence-corrected chi connectivity index (χ0v) is 7.66. The molecule has 0 aliphatic rings. The Morgan fingerprint density at radius 2 is 2.13 bits per heavy atom. The van der Waals surface area contributed by atoms with Gasteiger partial charge >= 0.3 is 5.97 Å². The van der Waals surface area contributed by atoms with Crippen LogP contribution in [0.3, 0.4) is 0 Å². The lowest BCUT2D eigenvalue weighted by atomic mass is 10.1. The number of benzene rings is 1. The van der Waals surface area contributed by atoms with E-state index in [2.05, 4.69) is 5.32 Å². The fraction of sp³-hybridized carbons (Fsp3) is 0.111. The molecule has 0 atom stereocenters. The molecule has 0 saturated carbocycles. The predicted molar refractivity (Wildman–Crippen MR) is 51.0 cm³/mol. The van der Waals surface area contributed by atoms with Crippen molar-refractivity contribution in [2.75, 3.05) is 11.9 Å². The van der Waals surface area contributed by atoms with Crippen LogP contribution >= 0.6 is 0 Å². The van der Waals surface area contributed by atoms with Crippen LogP contribution in [0, 0.1) is 5.82 Å². The quantitative estimate of drug-likeness (QED) is 0.674. The van der Waals surface area contributed by atoms with E-state index in [1.165, 1.54) is 12.1 Å². The van der Waals surface area contributed by atoms with Gasteiger partial charge in [-0.15, -0.1) is 0 Å². The van der Waals surface area contributed by atoms with Crippen LogP contribution in [0.2, 0.25) is 0 Å². The minimum Gasteiger partial charge on any atom is -0.480 e. The summed E-state index contributed by atoms with van der Waals surface area (Å²) in [4.78, 5) is 21.1. The first-order valence-electron chi connectivity index (χ1n) is 4.06. The van der Waals surface area contributed by atoms with Crippen molar-refractivity contribution in [1.29, 1.82) is 0 Å². The van der Waals surface area contributed by atoms with Gasteiger partial charge in [-0.25, -0.2) is 4.39 Å². The summed E-state index contributed by atoms with van der Waals surface area (Å²) in [6, 6.07) is 3.81. The molecule has 1 rings (SSSR count). The second-order valence-corrected chi connectivity index (χ2v) is 2.77. The number of carbonyl (C=O) groups excluding carboxylic acids is 1. The summed E-state index contributed by atoms with van der Waals surface area (Å²) in [5.41, 5.74) is 4.69. The smallest absolute Gasteiger partial charge is 0.322 e. The first-order chi connectivity index (χ1) is 7.02. The summed E-state index contributed by atoms with van der Waals surface area (Å²) >= 11 is 0. The molecule has 15 heavy (non-hydrogen) atoms. The van der Waals surface area contributed by atoms with E-state index < -0.39 is 24.2 Å². The second kappa shape index (κ2) is 4.41. The molecule has 0 heterocycles. The summed E-state index contributed by atoms with van der Waals surface area (Å²) in [6.07, 6.45) is 0. The zero-order valence-electron chi connectivity index (χ0n) is 7.66. The molecule has 6 heteroatoms. The molecule has 1 amide bonds. The topological polar surface area (TPSA) is 92.4 Å². The minimum atomic E-state index is -1.12. The summed E-state index contributed by atoms with van der Waals surface area (Å²) in [5, 5.41) is 10.8. The molecule has 1 aromatic rings. The first-order valence-corrected chi connectivity index (χ1v) is 4.06. The lowest BCUT2D eigenvalue weighted by Gasteiger charge is -2.08. The minimum absolute atomic E-state index is 0.0740. The highest BCUT2D eigenvalue weighted by molar-refractivity contribution is 5.99. The maximum atomic E-state index is 13.1. The Morgan fingerprint density at radius 3 is 2.67 bits per heavy atom. The monoisotopic (exact) mass is 212 g/mol. The van der Waals surface area contributed by atoms with Crippen LogP contribution in [0.1, 0.15) is 10.4 Å². The zero-order chi connectivity index (χ0) is 11.4. The van der Waals surface area contributed by atoms with E-state index in [-0.39, 0.29) is 11.3 Å². The summed E-state index contributed by atoms with van der Waals surface area (Å²) in [5.74, 6) is -2.84. The number of rotatable bonds is 4. The average molecular weight is 212 g/mol. The van der Waals surface area contributed by atoms with Gasteiger partial charge in [-0.05, 0) is 12.1 Å². The van der Waals surface area contributed by atoms with Crippen molar-refractivity contribution in [2.45, 2.75) is 0 Å². The van der Waals surface area contributed by atoms with Crippen molar-refractivity contribution in [2.24, 2.45) is 5.73 Å². The van der Waals surface area contributed by atoms with Crippen molar-refractivity contribution in [3.63, 3.8) is 0 Å². The van der Waals surface area contributed by atoms with Gasteiger partial charge in [-0.2, -0.15) is 0 Å². The van der Waals surface area contributed by atoms with E-state index in [0.29, 0.717) is 0 Å². The van der Waals surface area contributed by atoms with Crippen molar-refractivity contribution >= 4 is 17.6 Å². The average Bonchev–Trinajstić information content (AvgIpc) is 2.13. The molecular formula is C9H9FN2O3. The van der Waals surface area contributed by atoms with Gasteiger partial charge in [0.25, 0.3) is 5.91 Å². The number of carboxylic acid groups (broad SMARTS) is 1. The Kier molecular flexibility index (Phi) is 3.22. The SMILES string of the molecule is NC(=O)c1c(F)cccc1NCC(=O)O. The molecular weight excluding hydrogens is 203 g/mol. The van der Waals surface area contributed by atoms with Gasteiger partial charge in [0.05, 0.1) is 11.3 Å². The summed E-state index contributed by atoms with van der Waals surface area (Å²) in [7, 11) is 0. The standard InChI is InChI=1S/C9H9FN2O3/c10-5-2-1-3-6(8(5)9(11)15)12-4-7(13)14/h1-3,12H,4H2,(H2,11,15)(H,13,14). The Labute approximate surface area is 84.7 Å². The molecule has 0 unspecified atom stereocenters. The number of carbonyl (C=O) groups is 2. The molecule has 0 fully saturated rings.